The topological polar surface area (TPSA) is 59.5 Å². The van der Waals surface area contributed by atoms with Gasteiger partial charge in [-0.2, -0.15) is 0 Å². The summed E-state index contributed by atoms with van der Waals surface area (Å²) in [5.74, 6) is -0.715. The van der Waals surface area contributed by atoms with Gasteiger partial charge in [-0.25, -0.2) is 0 Å². The molecule has 0 spiro atoms. The van der Waals surface area contributed by atoms with Crippen molar-refractivity contribution in [3.8, 4) is 0 Å². The molecule has 0 aliphatic heterocycles. The van der Waals surface area contributed by atoms with Gasteiger partial charge in [-0.15, -0.1) is 0 Å². The molecule has 104 valence electrons. The summed E-state index contributed by atoms with van der Waals surface area (Å²) < 4.78 is 5.00. The average Bonchev–Trinajstić information content (AvgIpc) is 2.92. The first-order valence-electron chi connectivity index (χ1n) is 6.20. The van der Waals surface area contributed by atoms with Crippen LogP contribution in [-0.2, 0) is 11.3 Å². The first-order valence-corrected chi connectivity index (χ1v) is 6.60. The summed E-state index contributed by atoms with van der Waals surface area (Å²) in [6.45, 7) is 0.460. The van der Waals surface area contributed by atoms with Gasteiger partial charge in [-0.05, 0) is 11.6 Å². The van der Waals surface area contributed by atoms with E-state index in [9.17, 15) is 4.79 Å². The maximum atomic E-state index is 12.5. The number of rotatable bonds is 5. The number of hydrogen-bond acceptors (Lipinski definition) is 3. The van der Waals surface area contributed by atoms with E-state index in [0.29, 0.717) is 6.54 Å². The molecule has 0 saturated heterocycles. The third-order valence-corrected chi connectivity index (χ3v) is 3.28. The van der Waals surface area contributed by atoms with Crippen molar-refractivity contribution in [2.75, 3.05) is 7.05 Å². The van der Waals surface area contributed by atoms with Crippen LogP contribution in [0.2, 0.25) is 0 Å². The van der Waals surface area contributed by atoms with Gasteiger partial charge in [0.1, 0.15) is 5.92 Å². The molecule has 2 aromatic rings. The zero-order valence-corrected chi connectivity index (χ0v) is 12.0. The molecule has 5 heteroatoms. The number of amides is 1. The summed E-state index contributed by atoms with van der Waals surface area (Å²) in [6.07, 6.45) is 3.19. The lowest BCUT2D eigenvalue weighted by Crippen LogP contribution is -2.37. The zero-order valence-electron chi connectivity index (χ0n) is 11.2. The number of nitrogens with two attached hydrogens (primary N) is 1. The molecule has 20 heavy (non-hydrogen) atoms. The van der Waals surface area contributed by atoms with Crippen molar-refractivity contribution in [3.05, 3.63) is 60.1 Å². The van der Waals surface area contributed by atoms with Crippen LogP contribution < -0.4 is 5.73 Å². The van der Waals surface area contributed by atoms with Crippen molar-refractivity contribution in [2.45, 2.75) is 12.5 Å². The Kier molecular flexibility index (Phi) is 4.53. The van der Waals surface area contributed by atoms with Crippen molar-refractivity contribution >= 4 is 23.1 Å². The van der Waals surface area contributed by atoms with E-state index in [4.69, 9.17) is 22.4 Å². The fourth-order valence-electron chi connectivity index (χ4n) is 2.03. The van der Waals surface area contributed by atoms with Crippen molar-refractivity contribution in [1.29, 1.82) is 0 Å². The SMILES string of the molecule is CN(Cc1ccoc1)C(=O)C(C(N)=S)c1ccccc1. The Hall–Kier alpha value is -2.14. The minimum Gasteiger partial charge on any atom is -0.472 e. The van der Waals surface area contributed by atoms with Gasteiger partial charge in [0.2, 0.25) is 5.91 Å². The van der Waals surface area contributed by atoms with E-state index in [1.165, 1.54) is 0 Å². The first-order chi connectivity index (χ1) is 9.59. The molecule has 1 aromatic heterocycles. The number of nitrogens with zero attached hydrogens (tertiary/aromatic N) is 1. The average molecular weight is 288 g/mol. The highest BCUT2D eigenvalue weighted by Gasteiger charge is 2.26. The standard InChI is InChI=1S/C15H16N2O2S/c1-17(9-11-7-8-19-10-11)15(18)13(14(16)20)12-5-3-2-4-6-12/h2-8,10,13H,9H2,1H3,(H2,16,20). The number of thiocarbonyl (C=S) groups is 1. The lowest BCUT2D eigenvalue weighted by molar-refractivity contribution is -0.130. The quantitative estimate of drug-likeness (QED) is 0.858. The van der Waals surface area contributed by atoms with Crippen molar-refractivity contribution in [1.82, 2.24) is 4.90 Å². The highest BCUT2D eigenvalue weighted by Crippen LogP contribution is 2.19. The van der Waals surface area contributed by atoms with Crippen molar-refractivity contribution in [3.63, 3.8) is 0 Å². The van der Waals surface area contributed by atoms with E-state index in [1.807, 2.05) is 36.4 Å². The second-order valence-electron chi connectivity index (χ2n) is 4.57. The van der Waals surface area contributed by atoms with Gasteiger partial charge in [0.05, 0.1) is 17.5 Å². The molecule has 1 unspecified atom stereocenters. The van der Waals surface area contributed by atoms with Crippen molar-refractivity contribution < 1.29 is 9.21 Å². The summed E-state index contributed by atoms with van der Waals surface area (Å²) in [6, 6.07) is 11.1. The minimum atomic E-state index is -0.594. The van der Waals surface area contributed by atoms with Crippen LogP contribution in [0.15, 0.2) is 53.3 Å². The molecule has 0 saturated carbocycles. The molecule has 0 aliphatic carbocycles. The summed E-state index contributed by atoms with van der Waals surface area (Å²) in [7, 11) is 1.73. The van der Waals surface area contributed by atoms with E-state index >= 15 is 0 Å². The Bertz CT molecular complexity index is 581. The molecular formula is C15H16N2O2S. The number of hydrogen-bond donors (Lipinski definition) is 1. The number of carbonyl (C=O) groups excluding carboxylic acids is 1. The summed E-state index contributed by atoms with van der Waals surface area (Å²) >= 11 is 5.05. The molecule has 0 bridgehead atoms. The predicted octanol–water partition coefficient (Wildman–Crippen LogP) is 2.31. The van der Waals surface area contributed by atoms with E-state index < -0.39 is 5.92 Å². The van der Waals surface area contributed by atoms with Crippen LogP contribution in [0, 0.1) is 0 Å². The van der Waals surface area contributed by atoms with Crippen molar-refractivity contribution in [2.24, 2.45) is 5.73 Å². The monoisotopic (exact) mass is 288 g/mol. The van der Waals surface area contributed by atoms with Gasteiger partial charge >= 0.3 is 0 Å². The number of carbonyl (C=O) groups is 1. The Balaban J connectivity index is 2.17. The Morgan fingerprint density at radius 3 is 2.60 bits per heavy atom. The molecule has 0 radical (unpaired) electrons. The number of benzene rings is 1. The third kappa shape index (κ3) is 3.24. The number of likely N-dealkylation sites (N-methyl/N-ethyl adjacent to an activating group) is 1. The highest BCUT2D eigenvalue weighted by molar-refractivity contribution is 7.80. The molecule has 1 amide bonds. The zero-order chi connectivity index (χ0) is 14.5. The summed E-state index contributed by atoms with van der Waals surface area (Å²) in [4.78, 5) is 14.3. The van der Waals surface area contributed by atoms with Gasteiger partial charge in [-0.1, -0.05) is 42.5 Å². The fourth-order valence-corrected chi connectivity index (χ4v) is 2.27. The largest absolute Gasteiger partial charge is 0.472 e. The van der Waals surface area contributed by atoms with Crippen LogP contribution in [0.3, 0.4) is 0 Å². The van der Waals surface area contributed by atoms with Gasteiger partial charge in [0.25, 0.3) is 0 Å². The van der Waals surface area contributed by atoms with Crippen LogP contribution in [0.25, 0.3) is 0 Å². The van der Waals surface area contributed by atoms with Gasteiger partial charge in [-0.3, -0.25) is 4.79 Å². The van der Waals surface area contributed by atoms with Crippen LogP contribution in [0.1, 0.15) is 17.0 Å². The molecule has 1 atom stereocenters. The molecule has 4 nitrogen and oxygen atoms in total. The van der Waals surface area contributed by atoms with E-state index in [2.05, 4.69) is 0 Å². The molecule has 1 heterocycles. The maximum absolute atomic E-state index is 12.5. The smallest absolute Gasteiger partial charge is 0.237 e. The maximum Gasteiger partial charge on any atom is 0.237 e. The van der Waals surface area contributed by atoms with Crippen LogP contribution >= 0.6 is 12.2 Å². The molecule has 0 fully saturated rings. The Labute approximate surface area is 123 Å². The van der Waals surface area contributed by atoms with E-state index in [0.717, 1.165) is 11.1 Å². The molecule has 2 rings (SSSR count). The van der Waals surface area contributed by atoms with Gasteiger partial charge in [0, 0.05) is 19.2 Å². The summed E-state index contributed by atoms with van der Waals surface area (Å²) in [5, 5.41) is 0. The lowest BCUT2D eigenvalue weighted by atomic mass is 9.97. The van der Waals surface area contributed by atoms with E-state index in [1.54, 1.807) is 24.5 Å². The van der Waals surface area contributed by atoms with Gasteiger partial charge in [0.15, 0.2) is 0 Å². The van der Waals surface area contributed by atoms with Crippen LogP contribution in [0.5, 0.6) is 0 Å². The minimum absolute atomic E-state index is 0.120. The van der Waals surface area contributed by atoms with Crippen LogP contribution in [-0.4, -0.2) is 22.8 Å². The summed E-state index contributed by atoms with van der Waals surface area (Å²) in [5.41, 5.74) is 7.48. The normalized spacial score (nSPS) is 11.8. The van der Waals surface area contributed by atoms with Crippen LogP contribution in [0.4, 0.5) is 0 Å². The molecular weight excluding hydrogens is 272 g/mol. The molecule has 1 aromatic carbocycles. The predicted molar refractivity (Wildman–Crippen MR) is 81.2 cm³/mol. The fraction of sp³-hybridized carbons (Fsp3) is 0.200. The second-order valence-corrected chi connectivity index (χ2v) is 5.04. The first kappa shape index (κ1) is 14.3. The Morgan fingerprint density at radius 2 is 2.05 bits per heavy atom. The molecule has 0 aliphatic rings. The highest BCUT2D eigenvalue weighted by atomic mass is 32.1. The van der Waals surface area contributed by atoms with E-state index in [-0.39, 0.29) is 10.9 Å². The number of furan rings is 1. The Morgan fingerprint density at radius 1 is 1.35 bits per heavy atom. The lowest BCUT2D eigenvalue weighted by Gasteiger charge is -2.23. The van der Waals surface area contributed by atoms with Gasteiger partial charge < -0.3 is 15.1 Å². The molecule has 2 N–H and O–H groups in total. The second kappa shape index (κ2) is 6.34. The third-order valence-electron chi connectivity index (χ3n) is 3.04.